The first-order chi connectivity index (χ1) is 8.38. The van der Waals surface area contributed by atoms with E-state index in [2.05, 4.69) is 0 Å². The molecule has 0 aromatic heterocycles. The van der Waals surface area contributed by atoms with E-state index in [-0.39, 0.29) is 29.8 Å². The molecule has 0 bridgehead atoms. The third kappa shape index (κ3) is 3.00. The Balaban J connectivity index is 3.15. The number of aliphatic hydroxyl groups excluding tert-OH is 2. The second-order valence-electron chi connectivity index (χ2n) is 4.01. The summed E-state index contributed by atoms with van der Waals surface area (Å²) in [7, 11) is 0. The fourth-order valence-electron chi connectivity index (χ4n) is 1.64. The molecule has 4 N–H and O–H groups in total. The van der Waals surface area contributed by atoms with Crippen molar-refractivity contribution >= 4 is 5.69 Å². The lowest BCUT2D eigenvalue weighted by molar-refractivity contribution is -0.385. The van der Waals surface area contributed by atoms with Crippen LogP contribution in [0.1, 0.15) is 23.7 Å². The van der Waals surface area contributed by atoms with Gasteiger partial charge in [-0.1, -0.05) is 0 Å². The van der Waals surface area contributed by atoms with Gasteiger partial charge in [0, 0.05) is 17.2 Å². The predicted molar refractivity (Wildman–Crippen MR) is 62.4 cm³/mol. The molecule has 0 radical (unpaired) electrons. The summed E-state index contributed by atoms with van der Waals surface area (Å²) < 4.78 is 13.6. The highest BCUT2D eigenvalue weighted by atomic mass is 19.1. The predicted octanol–water partition coefficient (Wildman–Crippen LogP) is 0.785. The van der Waals surface area contributed by atoms with Gasteiger partial charge in [-0.15, -0.1) is 0 Å². The van der Waals surface area contributed by atoms with Crippen LogP contribution in [-0.2, 0) is 0 Å². The number of aliphatic hydroxyl groups is 2. The van der Waals surface area contributed by atoms with Gasteiger partial charge in [-0.2, -0.15) is 0 Å². The van der Waals surface area contributed by atoms with Crippen molar-refractivity contribution in [3.05, 3.63) is 39.2 Å². The molecular weight excluding hydrogens is 243 g/mol. The number of hydrogen-bond acceptors (Lipinski definition) is 5. The summed E-state index contributed by atoms with van der Waals surface area (Å²) in [4.78, 5) is 10.1. The maximum Gasteiger partial charge on any atom is 0.272 e. The zero-order valence-corrected chi connectivity index (χ0v) is 9.84. The summed E-state index contributed by atoms with van der Waals surface area (Å²) in [5.74, 6) is -0.790. The van der Waals surface area contributed by atoms with E-state index in [9.17, 15) is 24.7 Å². The van der Waals surface area contributed by atoms with Gasteiger partial charge in [-0.3, -0.25) is 10.1 Å². The van der Waals surface area contributed by atoms with E-state index >= 15 is 0 Å². The van der Waals surface area contributed by atoms with Crippen LogP contribution in [0, 0.1) is 22.9 Å². The molecule has 0 aliphatic rings. The minimum absolute atomic E-state index is 0.0717. The number of nitro benzene ring substituents is 1. The molecule has 100 valence electrons. The Hall–Kier alpha value is -1.57. The van der Waals surface area contributed by atoms with Gasteiger partial charge in [-0.25, -0.2) is 4.39 Å². The lowest BCUT2D eigenvalue weighted by Crippen LogP contribution is -2.22. The molecule has 18 heavy (non-hydrogen) atoms. The molecule has 1 aromatic carbocycles. The van der Waals surface area contributed by atoms with Crippen molar-refractivity contribution in [1.29, 1.82) is 0 Å². The smallest absolute Gasteiger partial charge is 0.272 e. The van der Waals surface area contributed by atoms with Gasteiger partial charge in [0.2, 0.25) is 0 Å². The molecule has 1 aromatic rings. The minimum Gasteiger partial charge on any atom is -0.390 e. The van der Waals surface area contributed by atoms with Crippen molar-refractivity contribution in [1.82, 2.24) is 0 Å². The molecule has 0 heterocycles. The summed E-state index contributed by atoms with van der Waals surface area (Å²) in [6.45, 7) is 1.52. The van der Waals surface area contributed by atoms with Gasteiger partial charge in [0.15, 0.2) is 0 Å². The zero-order valence-electron chi connectivity index (χ0n) is 9.84. The van der Waals surface area contributed by atoms with E-state index in [0.717, 1.165) is 12.1 Å². The van der Waals surface area contributed by atoms with Crippen LogP contribution in [0.15, 0.2) is 12.1 Å². The first-order valence-corrected chi connectivity index (χ1v) is 5.39. The monoisotopic (exact) mass is 258 g/mol. The molecule has 6 nitrogen and oxygen atoms in total. The fourth-order valence-corrected chi connectivity index (χ4v) is 1.64. The van der Waals surface area contributed by atoms with Crippen LogP contribution < -0.4 is 5.73 Å². The van der Waals surface area contributed by atoms with E-state index in [4.69, 9.17) is 5.73 Å². The molecule has 0 aliphatic heterocycles. The summed E-state index contributed by atoms with van der Waals surface area (Å²) in [6, 6.07) is 1.90. The second-order valence-corrected chi connectivity index (χ2v) is 4.01. The van der Waals surface area contributed by atoms with E-state index < -0.39 is 22.9 Å². The Kier molecular flexibility index (Phi) is 4.71. The summed E-state index contributed by atoms with van der Waals surface area (Å²) >= 11 is 0. The highest BCUT2D eigenvalue weighted by Crippen LogP contribution is 2.28. The van der Waals surface area contributed by atoms with Crippen molar-refractivity contribution in [2.24, 2.45) is 5.73 Å². The maximum atomic E-state index is 13.6. The number of nitro groups is 1. The average molecular weight is 258 g/mol. The van der Waals surface area contributed by atoms with Crippen LogP contribution in [-0.4, -0.2) is 27.8 Å². The molecule has 0 amide bonds. The van der Waals surface area contributed by atoms with Crippen molar-refractivity contribution < 1.29 is 19.5 Å². The third-order valence-corrected chi connectivity index (χ3v) is 2.66. The first-order valence-electron chi connectivity index (χ1n) is 5.39. The maximum absolute atomic E-state index is 13.6. The average Bonchev–Trinajstić information content (AvgIpc) is 2.28. The molecule has 2 atom stereocenters. The molecule has 0 saturated carbocycles. The number of hydrogen-bond donors (Lipinski definition) is 3. The molecule has 2 unspecified atom stereocenters. The number of nitrogens with two attached hydrogens (primary N) is 1. The summed E-state index contributed by atoms with van der Waals surface area (Å²) in [5, 5.41) is 30.0. The molecule has 0 aliphatic carbocycles. The van der Waals surface area contributed by atoms with Crippen LogP contribution in [0.3, 0.4) is 0 Å². The molecule has 1 rings (SSSR count). The van der Waals surface area contributed by atoms with Crippen LogP contribution in [0.4, 0.5) is 10.1 Å². The number of benzene rings is 1. The molecule has 0 fully saturated rings. The quantitative estimate of drug-likeness (QED) is 0.534. The van der Waals surface area contributed by atoms with Crippen LogP contribution in [0.25, 0.3) is 0 Å². The summed E-state index contributed by atoms with van der Waals surface area (Å²) in [5.41, 5.74) is 4.77. The normalized spacial score (nSPS) is 14.3. The molecule has 0 saturated heterocycles. The topological polar surface area (TPSA) is 110 Å². The second kappa shape index (κ2) is 5.85. The van der Waals surface area contributed by atoms with E-state index in [1.807, 2.05) is 0 Å². The van der Waals surface area contributed by atoms with Crippen molar-refractivity contribution in [2.45, 2.75) is 25.6 Å². The lowest BCUT2D eigenvalue weighted by atomic mass is 9.99. The number of nitrogens with zero attached hydrogens (tertiary/aromatic N) is 1. The lowest BCUT2D eigenvalue weighted by Gasteiger charge is -2.18. The van der Waals surface area contributed by atoms with Gasteiger partial charge in [0.25, 0.3) is 5.69 Å². The van der Waals surface area contributed by atoms with Gasteiger partial charge in [-0.05, 0) is 26.0 Å². The van der Waals surface area contributed by atoms with Gasteiger partial charge >= 0.3 is 0 Å². The van der Waals surface area contributed by atoms with Crippen molar-refractivity contribution in [3.63, 3.8) is 0 Å². The van der Waals surface area contributed by atoms with E-state index in [0.29, 0.717) is 0 Å². The number of rotatable bonds is 5. The SMILES string of the molecule is Cc1cc(F)c(C(O)C(O)CCN)cc1[N+](=O)[O-]. The fraction of sp³-hybridized carbons (Fsp3) is 0.455. The number of halogens is 1. The molecule has 7 heteroatoms. The molecular formula is C11H15FN2O4. The third-order valence-electron chi connectivity index (χ3n) is 2.66. The molecule has 0 spiro atoms. The van der Waals surface area contributed by atoms with Gasteiger partial charge in [0.05, 0.1) is 11.0 Å². The Morgan fingerprint density at radius 2 is 2.11 bits per heavy atom. The Bertz CT molecular complexity index is 453. The van der Waals surface area contributed by atoms with Crippen LogP contribution in [0.5, 0.6) is 0 Å². The highest BCUT2D eigenvalue weighted by Gasteiger charge is 2.24. The summed E-state index contributed by atoms with van der Waals surface area (Å²) in [6.07, 6.45) is -2.72. The van der Waals surface area contributed by atoms with Gasteiger partial charge in [0.1, 0.15) is 11.9 Å². The Morgan fingerprint density at radius 1 is 1.50 bits per heavy atom. The highest BCUT2D eigenvalue weighted by molar-refractivity contribution is 5.44. The zero-order chi connectivity index (χ0) is 13.9. The first kappa shape index (κ1) is 14.5. The number of aryl methyl sites for hydroxylation is 1. The van der Waals surface area contributed by atoms with E-state index in [1.54, 1.807) is 0 Å². The van der Waals surface area contributed by atoms with Crippen LogP contribution >= 0.6 is 0 Å². The minimum atomic E-state index is -1.53. The van der Waals surface area contributed by atoms with Crippen LogP contribution in [0.2, 0.25) is 0 Å². The van der Waals surface area contributed by atoms with Gasteiger partial charge < -0.3 is 15.9 Å². The van der Waals surface area contributed by atoms with Crippen molar-refractivity contribution in [2.75, 3.05) is 6.54 Å². The Labute approximate surface area is 103 Å². The Morgan fingerprint density at radius 3 is 2.61 bits per heavy atom. The van der Waals surface area contributed by atoms with E-state index in [1.165, 1.54) is 6.92 Å². The van der Waals surface area contributed by atoms with Crippen molar-refractivity contribution in [3.8, 4) is 0 Å². The largest absolute Gasteiger partial charge is 0.390 e. The standard InChI is InChI=1S/C11H15FN2O4/c1-6-4-8(12)7(5-9(6)14(17)18)11(16)10(15)2-3-13/h4-5,10-11,15-16H,2-3,13H2,1H3.